The summed E-state index contributed by atoms with van der Waals surface area (Å²) in [6.07, 6.45) is -0.917. The summed E-state index contributed by atoms with van der Waals surface area (Å²) in [6, 6.07) is 19.1. The Hall–Kier alpha value is -3.19. The van der Waals surface area contributed by atoms with E-state index in [1.165, 1.54) is 16.2 Å². The highest BCUT2D eigenvalue weighted by atomic mass is 32.1. The standard InChI is InChI=1S/C21H21N3O3S/c1-15(19(25)24(2)17-11-7-4-8-12-17)27-20(26)18-14-28-21(23-18)22-13-16-9-5-3-6-10-16/h3-12,14-15H,13H2,1-2H3,(H,22,23). The Morgan fingerprint density at radius 3 is 2.43 bits per heavy atom. The number of aromatic nitrogens is 1. The van der Waals surface area contributed by atoms with Crippen LogP contribution < -0.4 is 10.2 Å². The molecule has 0 radical (unpaired) electrons. The number of amides is 1. The summed E-state index contributed by atoms with van der Waals surface area (Å²) in [6.45, 7) is 2.17. The second-order valence-electron chi connectivity index (χ2n) is 6.16. The first-order chi connectivity index (χ1) is 13.5. The van der Waals surface area contributed by atoms with Gasteiger partial charge < -0.3 is 15.0 Å². The number of carbonyl (C=O) groups excluding carboxylic acids is 2. The predicted octanol–water partition coefficient (Wildman–Crippen LogP) is 3.96. The first-order valence-electron chi connectivity index (χ1n) is 8.81. The molecule has 1 N–H and O–H groups in total. The molecule has 7 heteroatoms. The van der Waals surface area contributed by atoms with Crippen molar-refractivity contribution >= 4 is 34.0 Å². The highest BCUT2D eigenvalue weighted by molar-refractivity contribution is 7.13. The minimum atomic E-state index is -0.917. The van der Waals surface area contributed by atoms with Crippen molar-refractivity contribution in [1.29, 1.82) is 0 Å². The monoisotopic (exact) mass is 395 g/mol. The fourth-order valence-electron chi connectivity index (χ4n) is 2.55. The molecule has 0 saturated heterocycles. The Labute approximate surface area is 167 Å². The van der Waals surface area contributed by atoms with Gasteiger partial charge in [-0.2, -0.15) is 0 Å². The van der Waals surface area contributed by atoms with E-state index >= 15 is 0 Å². The van der Waals surface area contributed by atoms with Crippen LogP contribution in [-0.4, -0.2) is 30.0 Å². The maximum atomic E-state index is 12.5. The van der Waals surface area contributed by atoms with Gasteiger partial charge in [-0.3, -0.25) is 4.79 Å². The van der Waals surface area contributed by atoms with E-state index in [0.29, 0.717) is 11.7 Å². The average Bonchev–Trinajstić information content (AvgIpc) is 3.22. The molecule has 28 heavy (non-hydrogen) atoms. The van der Waals surface area contributed by atoms with Crippen LogP contribution in [-0.2, 0) is 16.1 Å². The zero-order valence-electron chi connectivity index (χ0n) is 15.7. The van der Waals surface area contributed by atoms with E-state index in [-0.39, 0.29) is 11.6 Å². The lowest BCUT2D eigenvalue weighted by atomic mass is 10.2. The SMILES string of the molecule is CC(OC(=O)c1csc(NCc2ccccc2)n1)C(=O)N(C)c1ccccc1. The molecular formula is C21H21N3O3S. The summed E-state index contributed by atoms with van der Waals surface area (Å²) < 4.78 is 5.30. The summed E-state index contributed by atoms with van der Waals surface area (Å²) in [4.78, 5) is 30.5. The second-order valence-corrected chi connectivity index (χ2v) is 7.02. The number of rotatable bonds is 7. The molecule has 0 saturated carbocycles. The number of nitrogens with one attached hydrogen (secondary N) is 1. The van der Waals surface area contributed by atoms with Crippen molar-refractivity contribution in [2.24, 2.45) is 0 Å². The molecule has 0 aliphatic carbocycles. The van der Waals surface area contributed by atoms with Gasteiger partial charge in [-0.25, -0.2) is 9.78 Å². The van der Waals surface area contributed by atoms with E-state index in [1.807, 2.05) is 60.7 Å². The van der Waals surface area contributed by atoms with E-state index in [4.69, 9.17) is 4.74 Å². The number of ether oxygens (including phenoxy) is 1. The normalized spacial score (nSPS) is 11.5. The largest absolute Gasteiger partial charge is 0.448 e. The van der Waals surface area contributed by atoms with Gasteiger partial charge >= 0.3 is 5.97 Å². The molecule has 2 aromatic carbocycles. The average molecular weight is 395 g/mol. The highest BCUT2D eigenvalue weighted by Gasteiger charge is 2.24. The predicted molar refractivity (Wildman–Crippen MR) is 111 cm³/mol. The Morgan fingerprint density at radius 1 is 1.11 bits per heavy atom. The molecule has 3 rings (SSSR count). The van der Waals surface area contributed by atoms with Crippen molar-refractivity contribution in [1.82, 2.24) is 4.98 Å². The highest BCUT2D eigenvalue weighted by Crippen LogP contribution is 2.18. The molecule has 1 aromatic heterocycles. The Morgan fingerprint density at radius 2 is 1.75 bits per heavy atom. The number of carbonyl (C=O) groups is 2. The maximum Gasteiger partial charge on any atom is 0.358 e. The van der Waals surface area contributed by atoms with E-state index in [0.717, 1.165) is 11.3 Å². The Bertz CT molecular complexity index is 928. The topological polar surface area (TPSA) is 71.5 Å². The van der Waals surface area contributed by atoms with Crippen molar-refractivity contribution in [3.8, 4) is 0 Å². The van der Waals surface area contributed by atoms with Crippen LogP contribution in [0.2, 0.25) is 0 Å². The first kappa shape index (κ1) is 19.6. The van der Waals surface area contributed by atoms with Crippen molar-refractivity contribution < 1.29 is 14.3 Å². The van der Waals surface area contributed by atoms with Crippen LogP contribution in [0.15, 0.2) is 66.0 Å². The van der Waals surface area contributed by atoms with Gasteiger partial charge in [0.05, 0.1) is 0 Å². The van der Waals surface area contributed by atoms with Gasteiger partial charge in [0.15, 0.2) is 16.9 Å². The van der Waals surface area contributed by atoms with Gasteiger partial charge in [-0.15, -0.1) is 11.3 Å². The van der Waals surface area contributed by atoms with Gasteiger partial charge in [-0.1, -0.05) is 48.5 Å². The molecule has 0 aliphatic heterocycles. The summed E-state index contributed by atoms with van der Waals surface area (Å²) in [5.74, 6) is -0.927. The molecule has 6 nitrogen and oxygen atoms in total. The number of likely N-dealkylation sites (N-methyl/N-ethyl adjacent to an activating group) is 1. The number of anilines is 2. The molecule has 1 atom stereocenters. The number of para-hydroxylation sites is 1. The van der Waals surface area contributed by atoms with Crippen molar-refractivity contribution in [2.75, 3.05) is 17.3 Å². The van der Waals surface area contributed by atoms with Gasteiger partial charge in [-0.05, 0) is 24.6 Å². The van der Waals surface area contributed by atoms with E-state index < -0.39 is 12.1 Å². The van der Waals surface area contributed by atoms with Gasteiger partial charge in [0.1, 0.15) is 0 Å². The minimum absolute atomic E-state index is 0.183. The third-order valence-electron chi connectivity index (χ3n) is 4.11. The summed E-state index contributed by atoms with van der Waals surface area (Å²) in [7, 11) is 1.65. The van der Waals surface area contributed by atoms with Crippen LogP contribution in [0.1, 0.15) is 23.0 Å². The lowest BCUT2D eigenvalue weighted by Gasteiger charge is -2.21. The molecule has 3 aromatic rings. The van der Waals surface area contributed by atoms with Crippen molar-refractivity contribution in [3.05, 3.63) is 77.3 Å². The number of hydrogen-bond donors (Lipinski definition) is 1. The van der Waals surface area contributed by atoms with Gasteiger partial charge in [0.2, 0.25) is 0 Å². The van der Waals surface area contributed by atoms with Crippen LogP contribution in [0.3, 0.4) is 0 Å². The van der Waals surface area contributed by atoms with Crippen LogP contribution in [0.4, 0.5) is 10.8 Å². The zero-order valence-corrected chi connectivity index (χ0v) is 16.5. The summed E-state index contributed by atoms with van der Waals surface area (Å²) >= 11 is 1.32. The number of benzene rings is 2. The number of thiazole rings is 1. The smallest absolute Gasteiger partial charge is 0.358 e. The molecule has 1 amide bonds. The lowest BCUT2D eigenvalue weighted by molar-refractivity contribution is -0.126. The number of esters is 1. The van der Waals surface area contributed by atoms with Gasteiger partial charge in [0.25, 0.3) is 5.91 Å². The Balaban J connectivity index is 1.55. The Kier molecular flexibility index (Phi) is 6.39. The quantitative estimate of drug-likeness (QED) is 0.613. The first-order valence-corrected chi connectivity index (χ1v) is 9.69. The molecule has 144 valence electrons. The molecule has 1 heterocycles. The fourth-order valence-corrected chi connectivity index (χ4v) is 3.22. The zero-order chi connectivity index (χ0) is 19.9. The van der Waals surface area contributed by atoms with Crippen molar-refractivity contribution in [2.45, 2.75) is 19.6 Å². The second kappa shape index (κ2) is 9.14. The molecule has 0 fully saturated rings. The fraction of sp³-hybridized carbons (Fsp3) is 0.190. The van der Waals surface area contributed by atoms with Crippen LogP contribution in [0.25, 0.3) is 0 Å². The lowest BCUT2D eigenvalue weighted by Crippen LogP contribution is -2.37. The van der Waals surface area contributed by atoms with Gasteiger partial charge in [0, 0.05) is 24.7 Å². The van der Waals surface area contributed by atoms with E-state index in [1.54, 1.807) is 19.4 Å². The molecule has 0 spiro atoms. The van der Waals surface area contributed by atoms with E-state index in [9.17, 15) is 9.59 Å². The molecule has 0 aliphatic rings. The third-order valence-corrected chi connectivity index (χ3v) is 4.91. The summed E-state index contributed by atoms with van der Waals surface area (Å²) in [5, 5.41) is 5.42. The van der Waals surface area contributed by atoms with Crippen LogP contribution in [0, 0.1) is 0 Å². The van der Waals surface area contributed by atoms with Crippen LogP contribution in [0.5, 0.6) is 0 Å². The van der Waals surface area contributed by atoms with Crippen molar-refractivity contribution in [3.63, 3.8) is 0 Å². The van der Waals surface area contributed by atoms with Crippen LogP contribution >= 0.6 is 11.3 Å². The molecule has 0 bridgehead atoms. The molecule has 1 unspecified atom stereocenters. The number of hydrogen-bond acceptors (Lipinski definition) is 6. The summed E-state index contributed by atoms with van der Waals surface area (Å²) in [5.41, 5.74) is 2.03. The number of nitrogens with zero attached hydrogens (tertiary/aromatic N) is 2. The third kappa shape index (κ3) is 4.95. The maximum absolute atomic E-state index is 12.5. The van der Waals surface area contributed by atoms with E-state index in [2.05, 4.69) is 10.3 Å². The molecular weight excluding hydrogens is 374 g/mol. The minimum Gasteiger partial charge on any atom is -0.448 e.